The molecule has 1 saturated heterocycles. The van der Waals surface area contributed by atoms with Crippen molar-refractivity contribution in [2.24, 2.45) is 5.41 Å². The van der Waals surface area contributed by atoms with Gasteiger partial charge in [0.2, 0.25) is 11.8 Å². The first-order valence-electron chi connectivity index (χ1n) is 6.96. The molecule has 0 unspecified atom stereocenters. The molecule has 2 amide bonds. The highest BCUT2D eigenvalue weighted by molar-refractivity contribution is 6.05. The second-order valence-corrected chi connectivity index (χ2v) is 5.31. The number of carbonyl (C=O) groups is 3. The molecule has 0 aliphatic carbocycles. The largest absolute Gasteiger partial charge is 0.477 e. The van der Waals surface area contributed by atoms with E-state index in [2.05, 4.69) is 4.98 Å². The van der Waals surface area contributed by atoms with E-state index in [1.807, 2.05) is 13.8 Å². The first-order chi connectivity index (χ1) is 9.93. The second kappa shape index (κ2) is 5.63. The van der Waals surface area contributed by atoms with Crippen molar-refractivity contribution in [1.29, 1.82) is 0 Å². The lowest BCUT2D eigenvalue weighted by atomic mass is 9.81. The van der Waals surface area contributed by atoms with Crippen molar-refractivity contribution in [3.8, 4) is 0 Å². The van der Waals surface area contributed by atoms with Crippen LogP contribution >= 0.6 is 0 Å². The summed E-state index contributed by atoms with van der Waals surface area (Å²) in [5.41, 5.74) is 0.00454. The van der Waals surface area contributed by atoms with Crippen LogP contribution in [0.3, 0.4) is 0 Å². The van der Waals surface area contributed by atoms with Crippen LogP contribution in [-0.2, 0) is 16.1 Å². The predicted octanol–water partition coefficient (Wildman–Crippen LogP) is 1.85. The number of amides is 2. The summed E-state index contributed by atoms with van der Waals surface area (Å²) in [6.07, 6.45) is 2.92. The summed E-state index contributed by atoms with van der Waals surface area (Å²) in [5, 5.41) is 8.80. The van der Waals surface area contributed by atoms with Crippen molar-refractivity contribution < 1.29 is 19.5 Å². The van der Waals surface area contributed by atoms with Gasteiger partial charge in [0.05, 0.1) is 12.0 Å². The van der Waals surface area contributed by atoms with Gasteiger partial charge in [-0.1, -0.05) is 19.9 Å². The third kappa shape index (κ3) is 2.66. The van der Waals surface area contributed by atoms with Crippen LogP contribution in [0, 0.1) is 5.41 Å². The summed E-state index contributed by atoms with van der Waals surface area (Å²) in [4.78, 5) is 40.4. The topological polar surface area (TPSA) is 87.6 Å². The number of likely N-dealkylation sites (tertiary alicyclic amines) is 1. The Kier molecular flexibility index (Phi) is 4.06. The van der Waals surface area contributed by atoms with Gasteiger partial charge in [-0.25, -0.2) is 9.78 Å². The molecule has 0 aromatic carbocycles. The predicted molar refractivity (Wildman–Crippen MR) is 74.4 cm³/mol. The molecule has 2 rings (SSSR count). The van der Waals surface area contributed by atoms with Crippen LogP contribution in [0.4, 0.5) is 0 Å². The minimum Gasteiger partial charge on any atom is -0.477 e. The van der Waals surface area contributed by atoms with E-state index in [9.17, 15) is 14.4 Å². The van der Waals surface area contributed by atoms with Gasteiger partial charge in [0.15, 0.2) is 0 Å². The van der Waals surface area contributed by atoms with Gasteiger partial charge >= 0.3 is 5.97 Å². The quantitative estimate of drug-likeness (QED) is 0.836. The second-order valence-electron chi connectivity index (χ2n) is 5.31. The van der Waals surface area contributed by atoms with Crippen molar-refractivity contribution in [2.45, 2.75) is 39.7 Å². The van der Waals surface area contributed by atoms with E-state index in [0.29, 0.717) is 18.4 Å². The Morgan fingerprint density at radius 3 is 2.43 bits per heavy atom. The molecule has 6 nitrogen and oxygen atoms in total. The van der Waals surface area contributed by atoms with Gasteiger partial charge in [-0.05, 0) is 24.5 Å². The van der Waals surface area contributed by atoms with E-state index in [-0.39, 0.29) is 30.5 Å². The fourth-order valence-corrected chi connectivity index (χ4v) is 2.65. The Hall–Kier alpha value is -2.24. The van der Waals surface area contributed by atoms with Gasteiger partial charge in [0, 0.05) is 12.6 Å². The lowest BCUT2D eigenvalue weighted by molar-refractivity contribution is -0.142. The average Bonchev–Trinajstić information content (AvgIpc) is 2.72. The minimum absolute atomic E-state index is 0.0608. The molecule has 0 radical (unpaired) electrons. The van der Waals surface area contributed by atoms with Crippen LogP contribution in [-0.4, -0.2) is 32.8 Å². The number of carbonyl (C=O) groups excluding carboxylic acids is 2. The van der Waals surface area contributed by atoms with E-state index in [1.54, 1.807) is 6.07 Å². The van der Waals surface area contributed by atoms with E-state index < -0.39 is 11.4 Å². The molecule has 0 atom stereocenters. The lowest BCUT2D eigenvalue weighted by Crippen LogP contribution is -2.34. The smallest absolute Gasteiger partial charge is 0.354 e. The summed E-state index contributed by atoms with van der Waals surface area (Å²) in [7, 11) is 0. The van der Waals surface area contributed by atoms with Crippen LogP contribution in [0.15, 0.2) is 18.3 Å². The number of aromatic nitrogens is 1. The molecule has 1 fully saturated rings. The van der Waals surface area contributed by atoms with Crippen LogP contribution in [0.2, 0.25) is 0 Å². The molecule has 0 bridgehead atoms. The van der Waals surface area contributed by atoms with Crippen LogP contribution in [0.1, 0.15) is 49.2 Å². The first-order valence-corrected chi connectivity index (χ1v) is 6.96. The van der Waals surface area contributed by atoms with E-state index in [0.717, 1.165) is 0 Å². The third-order valence-electron chi connectivity index (χ3n) is 4.23. The molecule has 1 aromatic heterocycles. The minimum atomic E-state index is -1.11. The van der Waals surface area contributed by atoms with E-state index in [1.165, 1.54) is 17.2 Å². The van der Waals surface area contributed by atoms with Crippen molar-refractivity contribution in [1.82, 2.24) is 9.88 Å². The number of nitrogens with zero attached hydrogens (tertiary/aromatic N) is 2. The van der Waals surface area contributed by atoms with Crippen molar-refractivity contribution >= 4 is 17.8 Å². The van der Waals surface area contributed by atoms with Gasteiger partial charge in [-0.2, -0.15) is 0 Å². The SMILES string of the molecule is CCC1(CC)CC(=O)N(Cc2ccc(C(=O)O)nc2)C1=O. The monoisotopic (exact) mass is 290 g/mol. The zero-order valence-electron chi connectivity index (χ0n) is 12.1. The van der Waals surface area contributed by atoms with Crippen LogP contribution in [0.5, 0.6) is 0 Å². The van der Waals surface area contributed by atoms with Gasteiger partial charge in [-0.3, -0.25) is 14.5 Å². The number of imide groups is 1. The molecule has 21 heavy (non-hydrogen) atoms. The van der Waals surface area contributed by atoms with Crippen molar-refractivity contribution in [3.05, 3.63) is 29.6 Å². The number of hydrogen-bond acceptors (Lipinski definition) is 4. The fourth-order valence-electron chi connectivity index (χ4n) is 2.65. The average molecular weight is 290 g/mol. The summed E-state index contributed by atoms with van der Waals surface area (Å²) in [5.74, 6) is -1.42. The normalized spacial score (nSPS) is 17.3. The fraction of sp³-hybridized carbons (Fsp3) is 0.467. The zero-order valence-corrected chi connectivity index (χ0v) is 12.1. The summed E-state index contributed by atoms with van der Waals surface area (Å²) in [6, 6.07) is 2.95. The highest BCUT2D eigenvalue weighted by Gasteiger charge is 2.48. The number of carboxylic acids is 1. The van der Waals surface area contributed by atoms with E-state index >= 15 is 0 Å². The van der Waals surface area contributed by atoms with Gasteiger partial charge in [0.1, 0.15) is 5.69 Å². The molecular weight excluding hydrogens is 272 g/mol. The Labute approximate surface area is 122 Å². The standard InChI is InChI=1S/C15H18N2O4/c1-3-15(4-2)7-12(18)17(14(15)21)9-10-5-6-11(13(19)20)16-8-10/h5-6,8H,3-4,7,9H2,1-2H3,(H,19,20). The number of carboxylic acid groups (broad SMARTS) is 1. The highest BCUT2D eigenvalue weighted by atomic mass is 16.4. The van der Waals surface area contributed by atoms with Gasteiger partial charge in [-0.15, -0.1) is 0 Å². The van der Waals surface area contributed by atoms with Crippen LogP contribution < -0.4 is 0 Å². The maximum Gasteiger partial charge on any atom is 0.354 e. The van der Waals surface area contributed by atoms with Gasteiger partial charge < -0.3 is 5.11 Å². The number of pyridine rings is 1. The van der Waals surface area contributed by atoms with Crippen LogP contribution in [0.25, 0.3) is 0 Å². The molecule has 1 aliphatic heterocycles. The number of rotatable bonds is 5. The first kappa shape index (κ1) is 15.2. The molecule has 2 heterocycles. The Morgan fingerprint density at radius 1 is 1.33 bits per heavy atom. The summed E-state index contributed by atoms with van der Waals surface area (Å²) < 4.78 is 0. The molecule has 6 heteroatoms. The maximum absolute atomic E-state index is 12.5. The Morgan fingerprint density at radius 2 is 2.00 bits per heavy atom. The number of aromatic carboxylic acids is 1. The Bertz CT molecular complexity index is 576. The third-order valence-corrected chi connectivity index (χ3v) is 4.23. The van der Waals surface area contributed by atoms with Crippen molar-refractivity contribution in [3.63, 3.8) is 0 Å². The molecule has 1 aromatic rings. The molecule has 112 valence electrons. The maximum atomic E-state index is 12.5. The number of hydrogen-bond donors (Lipinski definition) is 1. The van der Waals surface area contributed by atoms with E-state index in [4.69, 9.17) is 5.11 Å². The molecule has 1 aliphatic rings. The molecular formula is C15H18N2O4. The van der Waals surface area contributed by atoms with Gasteiger partial charge in [0.25, 0.3) is 0 Å². The zero-order chi connectivity index (χ0) is 15.6. The molecule has 0 spiro atoms. The highest BCUT2D eigenvalue weighted by Crippen LogP contribution is 2.39. The molecule has 0 saturated carbocycles. The summed E-state index contributed by atoms with van der Waals surface area (Å²) >= 11 is 0. The molecule has 1 N–H and O–H groups in total. The van der Waals surface area contributed by atoms with Crippen molar-refractivity contribution in [2.75, 3.05) is 0 Å². The Balaban J connectivity index is 2.18. The summed E-state index contributed by atoms with van der Waals surface area (Å²) in [6.45, 7) is 3.98. The lowest BCUT2D eigenvalue weighted by Gasteiger charge is -2.23.